The van der Waals surface area contributed by atoms with Gasteiger partial charge < -0.3 is 10.2 Å². The number of benzene rings is 1. The molecule has 3 rings (SSSR count). The maximum Gasteiger partial charge on any atom is 0.244 e. The van der Waals surface area contributed by atoms with E-state index >= 15 is 0 Å². The second kappa shape index (κ2) is 8.14. The Morgan fingerprint density at radius 2 is 1.92 bits per heavy atom. The van der Waals surface area contributed by atoms with Gasteiger partial charge in [0.25, 0.3) is 0 Å². The van der Waals surface area contributed by atoms with Gasteiger partial charge in [0, 0.05) is 38.1 Å². The standard InChI is InChI=1S/C18H19FN6/c1-25(11-8-14-6-9-20-10-7-14)17-13-22-24-18(23-17)21-12-15-4-2-3-5-16(15)19/h2-7,9-10,13H,8,11-12H2,1H3,(H,21,23,24). The first kappa shape index (κ1) is 16.8. The molecule has 2 aromatic heterocycles. The highest BCUT2D eigenvalue weighted by Gasteiger charge is 2.07. The number of aromatic nitrogens is 4. The van der Waals surface area contributed by atoms with Crippen LogP contribution in [0.5, 0.6) is 0 Å². The first-order chi connectivity index (χ1) is 12.2. The largest absolute Gasteiger partial charge is 0.358 e. The van der Waals surface area contributed by atoms with Crippen molar-refractivity contribution in [1.29, 1.82) is 0 Å². The normalized spacial score (nSPS) is 10.5. The van der Waals surface area contributed by atoms with Gasteiger partial charge in [0.05, 0.1) is 6.20 Å². The Hall–Kier alpha value is -3.09. The van der Waals surface area contributed by atoms with E-state index in [9.17, 15) is 4.39 Å². The SMILES string of the molecule is CN(CCc1ccncc1)c1cnnc(NCc2ccccc2F)n1. The third-order valence-electron chi connectivity index (χ3n) is 3.82. The van der Waals surface area contributed by atoms with Crippen molar-refractivity contribution >= 4 is 11.8 Å². The second-order valence-electron chi connectivity index (χ2n) is 5.61. The molecule has 0 unspecified atom stereocenters. The average Bonchev–Trinajstić information content (AvgIpc) is 2.66. The Labute approximate surface area is 145 Å². The summed E-state index contributed by atoms with van der Waals surface area (Å²) in [6.45, 7) is 1.09. The molecular formula is C18H19FN6. The van der Waals surface area contributed by atoms with Crippen molar-refractivity contribution in [2.75, 3.05) is 23.8 Å². The minimum Gasteiger partial charge on any atom is -0.358 e. The molecule has 0 atom stereocenters. The Balaban J connectivity index is 1.59. The highest BCUT2D eigenvalue weighted by molar-refractivity contribution is 5.40. The summed E-state index contributed by atoms with van der Waals surface area (Å²) in [6, 6.07) is 10.6. The van der Waals surface area contributed by atoms with E-state index in [2.05, 4.69) is 25.5 Å². The first-order valence-electron chi connectivity index (χ1n) is 7.99. The lowest BCUT2D eigenvalue weighted by molar-refractivity contribution is 0.612. The summed E-state index contributed by atoms with van der Waals surface area (Å²) in [6.07, 6.45) is 6.06. The van der Waals surface area contributed by atoms with Gasteiger partial charge in [-0.25, -0.2) is 4.39 Å². The number of anilines is 2. The number of nitrogens with zero attached hydrogens (tertiary/aromatic N) is 5. The fourth-order valence-electron chi connectivity index (χ4n) is 2.33. The van der Waals surface area contributed by atoms with Gasteiger partial charge in [-0.2, -0.15) is 10.1 Å². The van der Waals surface area contributed by atoms with Crippen LogP contribution < -0.4 is 10.2 Å². The van der Waals surface area contributed by atoms with E-state index in [1.54, 1.807) is 36.8 Å². The van der Waals surface area contributed by atoms with Crippen LogP contribution in [-0.2, 0) is 13.0 Å². The van der Waals surface area contributed by atoms with E-state index in [-0.39, 0.29) is 5.82 Å². The van der Waals surface area contributed by atoms with Gasteiger partial charge in [0.15, 0.2) is 5.82 Å². The van der Waals surface area contributed by atoms with Crippen molar-refractivity contribution in [3.63, 3.8) is 0 Å². The van der Waals surface area contributed by atoms with Crippen LogP contribution >= 0.6 is 0 Å². The first-order valence-corrected chi connectivity index (χ1v) is 7.99. The minimum absolute atomic E-state index is 0.256. The smallest absolute Gasteiger partial charge is 0.244 e. The molecule has 0 bridgehead atoms. The van der Waals surface area contributed by atoms with E-state index in [1.165, 1.54) is 11.6 Å². The highest BCUT2D eigenvalue weighted by atomic mass is 19.1. The van der Waals surface area contributed by atoms with Crippen molar-refractivity contribution in [2.45, 2.75) is 13.0 Å². The van der Waals surface area contributed by atoms with Gasteiger partial charge in [-0.15, -0.1) is 5.10 Å². The molecule has 0 radical (unpaired) electrons. The summed E-state index contributed by atoms with van der Waals surface area (Å²) in [5.41, 5.74) is 1.77. The van der Waals surface area contributed by atoms with Crippen LogP contribution in [0.1, 0.15) is 11.1 Å². The minimum atomic E-state index is -0.256. The van der Waals surface area contributed by atoms with Crippen molar-refractivity contribution in [3.05, 3.63) is 71.9 Å². The zero-order valence-corrected chi connectivity index (χ0v) is 13.9. The Kier molecular flexibility index (Phi) is 5.46. The van der Waals surface area contributed by atoms with Crippen LogP contribution in [0.3, 0.4) is 0 Å². The van der Waals surface area contributed by atoms with Gasteiger partial charge in [-0.05, 0) is 30.2 Å². The fraction of sp³-hybridized carbons (Fsp3) is 0.222. The predicted molar refractivity (Wildman–Crippen MR) is 94.8 cm³/mol. The van der Waals surface area contributed by atoms with Gasteiger partial charge in [0.1, 0.15) is 5.82 Å². The number of halogens is 1. The van der Waals surface area contributed by atoms with E-state index < -0.39 is 0 Å². The molecule has 3 aromatic rings. The predicted octanol–water partition coefficient (Wildman–Crippen LogP) is 2.70. The van der Waals surface area contributed by atoms with Crippen molar-refractivity contribution < 1.29 is 4.39 Å². The molecule has 0 saturated heterocycles. The van der Waals surface area contributed by atoms with Gasteiger partial charge >= 0.3 is 0 Å². The van der Waals surface area contributed by atoms with Crippen LogP contribution in [0.2, 0.25) is 0 Å². The molecule has 0 fully saturated rings. The lowest BCUT2D eigenvalue weighted by Crippen LogP contribution is -2.22. The van der Waals surface area contributed by atoms with Crippen LogP contribution in [-0.4, -0.2) is 33.8 Å². The fourth-order valence-corrected chi connectivity index (χ4v) is 2.33. The molecule has 128 valence electrons. The van der Waals surface area contributed by atoms with E-state index in [0.717, 1.165) is 13.0 Å². The monoisotopic (exact) mass is 338 g/mol. The highest BCUT2D eigenvalue weighted by Crippen LogP contribution is 2.12. The number of rotatable bonds is 7. The van der Waals surface area contributed by atoms with Gasteiger partial charge in [0.2, 0.25) is 5.95 Å². The number of nitrogens with one attached hydrogen (secondary N) is 1. The summed E-state index contributed by atoms with van der Waals surface area (Å²) < 4.78 is 13.7. The maximum atomic E-state index is 13.7. The molecule has 0 spiro atoms. The molecule has 2 heterocycles. The van der Waals surface area contributed by atoms with Gasteiger partial charge in [-0.1, -0.05) is 18.2 Å². The molecule has 0 aliphatic rings. The quantitative estimate of drug-likeness (QED) is 0.714. The van der Waals surface area contributed by atoms with Crippen LogP contribution in [0.15, 0.2) is 55.0 Å². The number of pyridine rings is 1. The molecule has 7 heteroatoms. The van der Waals surface area contributed by atoms with Crippen molar-refractivity contribution in [3.8, 4) is 0 Å². The lowest BCUT2D eigenvalue weighted by atomic mass is 10.2. The number of likely N-dealkylation sites (N-methyl/N-ethyl adjacent to an activating group) is 1. The summed E-state index contributed by atoms with van der Waals surface area (Å²) in [4.78, 5) is 10.5. The maximum absolute atomic E-state index is 13.7. The van der Waals surface area contributed by atoms with Crippen molar-refractivity contribution in [1.82, 2.24) is 20.2 Å². The zero-order chi connectivity index (χ0) is 17.5. The molecule has 0 aliphatic heterocycles. The lowest BCUT2D eigenvalue weighted by Gasteiger charge is -2.18. The number of hydrogen-bond donors (Lipinski definition) is 1. The van der Waals surface area contributed by atoms with Crippen LogP contribution in [0.25, 0.3) is 0 Å². The molecule has 0 saturated carbocycles. The molecular weight excluding hydrogens is 319 g/mol. The zero-order valence-electron chi connectivity index (χ0n) is 13.9. The Morgan fingerprint density at radius 3 is 2.72 bits per heavy atom. The summed E-state index contributed by atoms with van der Waals surface area (Å²) in [7, 11) is 1.95. The molecule has 0 aliphatic carbocycles. The molecule has 25 heavy (non-hydrogen) atoms. The van der Waals surface area contributed by atoms with E-state index in [1.807, 2.05) is 24.1 Å². The van der Waals surface area contributed by atoms with E-state index in [4.69, 9.17) is 0 Å². The topological polar surface area (TPSA) is 66.8 Å². The molecule has 0 amide bonds. The summed E-state index contributed by atoms with van der Waals surface area (Å²) in [5.74, 6) is 0.824. The molecule has 1 aromatic carbocycles. The third-order valence-corrected chi connectivity index (χ3v) is 3.82. The van der Waals surface area contributed by atoms with Gasteiger partial charge in [-0.3, -0.25) is 4.98 Å². The Morgan fingerprint density at radius 1 is 1.12 bits per heavy atom. The third kappa shape index (κ3) is 4.69. The summed E-state index contributed by atoms with van der Waals surface area (Å²) >= 11 is 0. The van der Waals surface area contributed by atoms with E-state index in [0.29, 0.717) is 23.9 Å². The molecule has 1 N–H and O–H groups in total. The average molecular weight is 338 g/mol. The second-order valence-corrected chi connectivity index (χ2v) is 5.61. The van der Waals surface area contributed by atoms with Crippen molar-refractivity contribution in [2.24, 2.45) is 0 Å². The van der Waals surface area contributed by atoms with Crippen LogP contribution in [0.4, 0.5) is 16.2 Å². The molecule has 6 nitrogen and oxygen atoms in total. The van der Waals surface area contributed by atoms with Crippen LogP contribution in [0, 0.1) is 5.82 Å². The Bertz CT molecular complexity index is 811. The number of hydrogen-bond acceptors (Lipinski definition) is 6. The summed E-state index contributed by atoms with van der Waals surface area (Å²) in [5, 5.41) is 10.9.